The highest BCUT2D eigenvalue weighted by Gasteiger charge is 2.32. The third kappa shape index (κ3) is 6.19. The number of piperidine rings is 1. The molecule has 0 radical (unpaired) electrons. The summed E-state index contributed by atoms with van der Waals surface area (Å²) in [5.41, 5.74) is 1.73. The number of carbonyl (C=O) groups is 1. The summed E-state index contributed by atoms with van der Waals surface area (Å²) in [6, 6.07) is 14.7. The minimum atomic E-state index is -3.54. The molecule has 2 aromatic rings. The van der Waals surface area contributed by atoms with Gasteiger partial charge in [-0.15, -0.1) is 0 Å². The van der Waals surface area contributed by atoms with Crippen LogP contribution in [0, 0.1) is 5.92 Å². The molecule has 0 aromatic heterocycles. The first-order chi connectivity index (χ1) is 13.8. The van der Waals surface area contributed by atoms with E-state index in [1.807, 2.05) is 30.3 Å². The van der Waals surface area contributed by atoms with E-state index in [4.69, 9.17) is 23.2 Å². The van der Waals surface area contributed by atoms with Crippen LogP contribution >= 0.6 is 23.2 Å². The number of benzene rings is 2. The van der Waals surface area contributed by atoms with Crippen LogP contribution in [0.25, 0.3) is 0 Å². The number of rotatable bonds is 7. The first-order valence-electron chi connectivity index (χ1n) is 9.58. The van der Waals surface area contributed by atoms with Gasteiger partial charge in [-0.3, -0.25) is 4.79 Å². The Bertz CT molecular complexity index is 952. The minimum absolute atomic E-state index is 0.0876. The van der Waals surface area contributed by atoms with Gasteiger partial charge < -0.3 is 5.32 Å². The molecule has 0 spiro atoms. The Balaban J connectivity index is 1.55. The van der Waals surface area contributed by atoms with Crippen LogP contribution in [0.2, 0.25) is 10.0 Å². The molecule has 1 aliphatic heterocycles. The molecule has 1 fully saturated rings. The number of amides is 1. The van der Waals surface area contributed by atoms with Gasteiger partial charge in [-0.05, 0) is 42.5 Å². The summed E-state index contributed by atoms with van der Waals surface area (Å²) < 4.78 is 27.1. The molecule has 0 saturated carbocycles. The molecule has 3 rings (SSSR count). The zero-order valence-electron chi connectivity index (χ0n) is 16.0. The topological polar surface area (TPSA) is 66.5 Å². The predicted octanol–water partition coefficient (Wildman–Crippen LogP) is 3.89. The summed E-state index contributed by atoms with van der Waals surface area (Å²) in [5.74, 6) is -0.579. The second-order valence-electron chi connectivity index (χ2n) is 7.23. The normalized spacial score (nSPS) is 17.8. The second kappa shape index (κ2) is 9.94. The van der Waals surface area contributed by atoms with E-state index in [9.17, 15) is 13.2 Å². The smallest absolute Gasteiger partial charge is 0.224 e. The molecule has 0 bridgehead atoms. The fourth-order valence-corrected chi connectivity index (χ4v) is 5.38. The van der Waals surface area contributed by atoms with Gasteiger partial charge in [0, 0.05) is 19.6 Å². The number of halogens is 2. The van der Waals surface area contributed by atoms with E-state index in [1.54, 1.807) is 18.2 Å². The van der Waals surface area contributed by atoms with E-state index in [-0.39, 0.29) is 24.1 Å². The lowest BCUT2D eigenvalue weighted by Crippen LogP contribution is -2.46. The fourth-order valence-electron chi connectivity index (χ4n) is 3.46. The van der Waals surface area contributed by atoms with Crippen molar-refractivity contribution in [2.45, 2.75) is 25.0 Å². The minimum Gasteiger partial charge on any atom is -0.355 e. The predicted molar refractivity (Wildman–Crippen MR) is 117 cm³/mol. The number of carbonyl (C=O) groups excluding carboxylic acids is 1. The van der Waals surface area contributed by atoms with E-state index in [2.05, 4.69) is 5.32 Å². The molecule has 5 nitrogen and oxygen atoms in total. The van der Waals surface area contributed by atoms with Gasteiger partial charge in [0.1, 0.15) is 0 Å². The van der Waals surface area contributed by atoms with Crippen molar-refractivity contribution in [3.05, 3.63) is 69.7 Å². The van der Waals surface area contributed by atoms with Crippen molar-refractivity contribution in [2.24, 2.45) is 5.92 Å². The van der Waals surface area contributed by atoms with Crippen LogP contribution in [0.1, 0.15) is 24.0 Å². The summed E-state index contributed by atoms with van der Waals surface area (Å²) in [4.78, 5) is 12.5. The van der Waals surface area contributed by atoms with Crippen LogP contribution in [0.4, 0.5) is 0 Å². The molecule has 0 aliphatic carbocycles. The molecule has 1 heterocycles. The first kappa shape index (κ1) is 22.1. The molecule has 2 aromatic carbocycles. The standard InChI is InChI=1S/C21H24Cl2N2O3S/c22-19-9-8-17(13-20(19)23)15-29(27,28)25-12-4-7-18(14-25)21(26)24-11-10-16-5-2-1-3-6-16/h1-3,5-6,8-9,13,18H,4,7,10-12,14-15H2,(H,24,26)/t18-/m1/s1. The van der Waals surface area contributed by atoms with Gasteiger partial charge in [-0.2, -0.15) is 0 Å². The van der Waals surface area contributed by atoms with Gasteiger partial charge in [0.15, 0.2) is 0 Å². The molecule has 0 unspecified atom stereocenters. The monoisotopic (exact) mass is 454 g/mol. The molecule has 1 saturated heterocycles. The lowest BCUT2D eigenvalue weighted by atomic mass is 9.99. The van der Waals surface area contributed by atoms with Gasteiger partial charge in [0.25, 0.3) is 0 Å². The molecule has 1 N–H and O–H groups in total. The maximum Gasteiger partial charge on any atom is 0.224 e. The maximum atomic E-state index is 12.8. The summed E-state index contributed by atoms with van der Waals surface area (Å²) in [6.07, 6.45) is 2.10. The Labute approximate surface area is 182 Å². The van der Waals surface area contributed by atoms with Crippen LogP contribution in [0.3, 0.4) is 0 Å². The van der Waals surface area contributed by atoms with Crippen LogP contribution < -0.4 is 5.32 Å². The molecule has 1 aliphatic rings. The zero-order valence-corrected chi connectivity index (χ0v) is 18.3. The summed E-state index contributed by atoms with van der Waals surface area (Å²) >= 11 is 11.9. The number of nitrogens with zero attached hydrogens (tertiary/aromatic N) is 1. The molecule has 1 atom stereocenters. The number of hydrogen-bond donors (Lipinski definition) is 1. The van der Waals surface area contributed by atoms with Gasteiger partial charge in [-0.1, -0.05) is 59.6 Å². The van der Waals surface area contributed by atoms with Crippen molar-refractivity contribution in [3.63, 3.8) is 0 Å². The van der Waals surface area contributed by atoms with Gasteiger partial charge in [0.05, 0.1) is 21.7 Å². The van der Waals surface area contributed by atoms with Crippen LogP contribution in [0.5, 0.6) is 0 Å². The first-order valence-corrected chi connectivity index (χ1v) is 11.9. The van der Waals surface area contributed by atoms with E-state index < -0.39 is 10.0 Å². The average Bonchev–Trinajstić information content (AvgIpc) is 2.71. The largest absolute Gasteiger partial charge is 0.355 e. The third-order valence-electron chi connectivity index (χ3n) is 5.04. The molecular weight excluding hydrogens is 431 g/mol. The second-order valence-corrected chi connectivity index (χ2v) is 10.0. The maximum absolute atomic E-state index is 12.8. The molecular formula is C21H24Cl2N2O3S. The van der Waals surface area contributed by atoms with Crippen molar-refractivity contribution in [1.29, 1.82) is 0 Å². The molecule has 29 heavy (non-hydrogen) atoms. The summed E-state index contributed by atoms with van der Waals surface area (Å²) in [6.45, 7) is 1.17. The quantitative estimate of drug-likeness (QED) is 0.689. The molecule has 8 heteroatoms. The van der Waals surface area contributed by atoms with E-state index in [1.165, 1.54) is 4.31 Å². The Morgan fingerprint density at radius 1 is 1.07 bits per heavy atom. The van der Waals surface area contributed by atoms with Crippen molar-refractivity contribution >= 4 is 39.1 Å². The lowest BCUT2D eigenvalue weighted by Gasteiger charge is -2.31. The van der Waals surface area contributed by atoms with Crippen molar-refractivity contribution < 1.29 is 13.2 Å². The lowest BCUT2D eigenvalue weighted by molar-refractivity contribution is -0.126. The molecule has 1 amide bonds. The van der Waals surface area contributed by atoms with Crippen LogP contribution in [0.15, 0.2) is 48.5 Å². The van der Waals surface area contributed by atoms with Crippen molar-refractivity contribution in [1.82, 2.24) is 9.62 Å². The number of sulfonamides is 1. The summed E-state index contributed by atoms with van der Waals surface area (Å²) in [7, 11) is -3.54. The average molecular weight is 455 g/mol. The Morgan fingerprint density at radius 2 is 1.83 bits per heavy atom. The number of nitrogens with one attached hydrogen (secondary N) is 1. The van der Waals surface area contributed by atoms with E-state index >= 15 is 0 Å². The fraction of sp³-hybridized carbons (Fsp3) is 0.381. The Hall–Kier alpha value is -1.60. The highest BCUT2D eigenvalue weighted by atomic mass is 35.5. The van der Waals surface area contributed by atoms with Gasteiger partial charge in [-0.25, -0.2) is 12.7 Å². The zero-order chi connectivity index (χ0) is 20.9. The van der Waals surface area contributed by atoms with Crippen molar-refractivity contribution in [2.75, 3.05) is 19.6 Å². The highest BCUT2D eigenvalue weighted by Crippen LogP contribution is 2.26. The van der Waals surface area contributed by atoms with E-state index in [0.29, 0.717) is 41.5 Å². The number of hydrogen-bond acceptors (Lipinski definition) is 3. The van der Waals surface area contributed by atoms with Gasteiger partial charge >= 0.3 is 0 Å². The Morgan fingerprint density at radius 3 is 2.55 bits per heavy atom. The third-order valence-corrected chi connectivity index (χ3v) is 7.59. The van der Waals surface area contributed by atoms with Crippen LogP contribution in [-0.2, 0) is 27.0 Å². The van der Waals surface area contributed by atoms with E-state index in [0.717, 1.165) is 12.0 Å². The molecule has 156 valence electrons. The summed E-state index contributed by atoms with van der Waals surface area (Å²) in [5, 5.41) is 3.66. The Kier molecular flexibility index (Phi) is 7.57. The van der Waals surface area contributed by atoms with Gasteiger partial charge in [0.2, 0.25) is 15.9 Å². The van der Waals surface area contributed by atoms with Crippen LogP contribution in [-0.4, -0.2) is 38.3 Å². The SMILES string of the molecule is O=C(NCCc1ccccc1)[C@@H]1CCCN(S(=O)(=O)Cc2ccc(Cl)c(Cl)c2)C1. The highest BCUT2D eigenvalue weighted by molar-refractivity contribution is 7.88. The van der Waals surface area contributed by atoms with Crippen molar-refractivity contribution in [3.8, 4) is 0 Å².